The Morgan fingerprint density at radius 2 is 1.94 bits per heavy atom. The number of carbonyl (C=O) groups excluding carboxylic acids is 1. The number of hydrogen-bond acceptors (Lipinski definition) is 6. The molecular weight excluding hydrogens is 242 g/mol. The van der Waals surface area contributed by atoms with Gasteiger partial charge in [0.1, 0.15) is 12.0 Å². The Morgan fingerprint density at radius 3 is 2.50 bits per heavy atom. The second-order valence-corrected chi connectivity index (χ2v) is 3.45. The number of non-ortho nitro benzene ring substituents is 1. The van der Waals surface area contributed by atoms with Crippen LogP contribution in [0.1, 0.15) is 12.8 Å². The number of nitro groups is 2. The summed E-state index contributed by atoms with van der Waals surface area (Å²) in [6, 6.07) is 3.38. The summed E-state index contributed by atoms with van der Waals surface area (Å²) in [4.78, 5) is 30.0. The van der Waals surface area contributed by atoms with Gasteiger partial charge in [-0.3, -0.25) is 20.2 Å². The fourth-order valence-electron chi connectivity index (χ4n) is 1.34. The van der Waals surface area contributed by atoms with Gasteiger partial charge in [-0.05, 0) is 12.5 Å². The molecule has 0 spiro atoms. The van der Waals surface area contributed by atoms with Gasteiger partial charge in [-0.15, -0.1) is 0 Å². The summed E-state index contributed by atoms with van der Waals surface area (Å²) in [6.45, 7) is 0.386. The number of unbranched alkanes of at least 4 members (excludes halogenated alkanes) is 1. The van der Waals surface area contributed by atoms with Gasteiger partial charge in [-0.2, -0.15) is 0 Å². The van der Waals surface area contributed by atoms with Gasteiger partial charge in [0.2, 0.25) is 0 Å². The molecule has 0 saturated heterocycles. The quantitative estimate of drug-likeness (QED) is 0.343. The van der Waals surface area contributed by atoms with Crippen LogP contribution in [-0.2, 0) is 4.79 Å². The Bertz CT molecular complexity index is 475. The first-order valence-electron chi connectivity index (χ1n) is 5.16. The number of hydrogen-bond donors (Lipinski definition) is 1. The zero-order valence-electron chi connectivity index (χ0n) is 9.37. The topological polar surface area (TPSA) is 115 Å². The van der Waals surface area contributed by atoms with Crippen LogP contribution in [0.25, 0.3) is 0 Å². The number of nitrogens with zero attached hydrogens (tertiary/aromatic N) is 2. The summed E-state index contributed by atoms with van der Waals surface area (Å²) in [5.74, 6) is 0. The Balaban J connectivity index is 2.86. The van der Waals surface area contributed by atoms with E-state index in [1.54, 1.807) is 0 Å². The van der Waals surface area contributed by atoms with Gasteiger partial charge >= 0.3 is 0 Å². The van der Waals surface area contributed by atoms with Crippen LogP contribution in [0.5, 0.6) is 0 Å². The molecule has 0 bridgehead atoms. The van der Waals surface area contributed by atoms with E-state index in [1.165, 1.54) is 12.1 Å². The normalized spacial score (nSPS) is 9.78. The zero-order chi connectivity index (χ0) is 13.5. The van der Waals surface area contributed by atoms with E-state index in [-0.39, 0.29) is 17.1 Å². The molecule has 0 atom stereocenters. The third kappa shape index (κ3) is 3.51. The molecule has 0 radical (unpaired) electrons. The summed E-state index contributed by atoms with van der Waals surface area (Å²) in [7, 11) is 0. The molecule has 0 aromatic heterocycles. The average Bonchev–Trinajstić information content (AvgIpc) is 2.34. The second-order valence-electron chi connectivity index (χ2n) is 3.45. The Labute approximate surface area is 102 Å². The highest BCUT2D eigenvalue weighted by atomic mass is 16.6. The van der Waals surface area contributed by atoms with E-state index in [0.29, 0.717) is 19.4 Å². The predicted molar refractivity (Wildman–Crippen MR) is 63.5 cm³/mol. The van der Waals surface area contributed by atoms with Crippen molar-refractivity contribution in [3.63, 3.8) is 0 Å². The van der Waals surface area contributed by atoms with Crippen LogP contribution >= 0.6 is 0 Å². The number of nitro benzene ring substituents is 2. The largest absolute Gasteiger partial charge is 0.379 e. The number of aldehydes is 1. The van der Waals surface area contributed by atoms with Crippen molar-refractivity contribution < 1.29 is 14.6 Å². The van der Waals surface area contributed by atoms with Gasteiger partial charge in [0.15, 0.2) is 0 Å². The van der Waals surface area contributed by atoms with Gasteiger partial charge in [-0.1, -0.05) is 0 Å². The van der Waals surface area contributed by atoms with Gasteiger partial charge in [0, 0.05) is 19.0 Å². The van der Waals surface area contributed by atoms with Crippen molar-refractivity contribution in [3.8, 4) is 0 Å². The monoisotopic (exact) mass is 253 g/mol. The lowest BCUT2D eigenvalue weighted by Gasteiger charge is -2.05. The van der Waals surface area contributed by atoms with Crippen molar-refractivity contribution in [1.82, 2.24) is 0 Å². The molecule has 18 heavy (non-hydrogen) atoms. The second kappa shape index (κ2) is 6.28. The molecule has 1 N–H and O–H groups in total. The highest BCUT2D eigenvalue weighted by Crippen LogP contribution is 2.28. The molecule has 0 heterocycles. The van der Waals surface area contributed by atoms with E-state index in [4.69, 9.17) is 0 Å². The third-order valence-corrected chi connectivity index (χ3v) is 2.20. The maximum atomic E-state index is 10.8. The third-order valence-electron chi connectivity index (χ3n) is 2.20. The van der Waals surface area contributed by atoms with Crippen LogP contribution in [0, 0.1) is 20.2 Å². The minimum absolute atomic E-state index is 0.205. The molecule has 0 aliphatic carbocycles. The lowest BCUT2D eigenvalue weighted by atomic mass is 10.2. The van der Waals surface area contributed by atoms with Crippen LogP contribution in [0.3, 0.4) is 0 Å². The van der Waals surface area contributed by atoms with Gasteiger partial charge < -0.3 is 10.1 Å². The maximum Gasteiger partial charge on any atom is 0.299 e. The average molecular weight is 253 g/mol. The lowest BCUT2D eigenvalue weighted by molar-refractivity contribution is -0.393. The molecule has 96 valence electrons. The molecule has 0 amide bonds. The molecule has 0 unspecified atom stereocenters. The van der Waals surface area contributed by atoms with Crippen LogP contribution in [0.2, 0.25) is 0 Å². The number of carbonyl (C=O) groups is 1. The smallest absolute Gasteiger partial charge is 0.299 e. The minimum atomic E-state index is -0.691. The summed E-state index contributed by atoms with van der Waals surface area (Å²) in [5, 5.41) is 24.1. The Morgan fingerprint density at radius 1 is 1.22 bits per heavy atom. The fourth-order valence-corrected chi connectivity index (χ4v) is 1.34. The van der Waals surface area contributed by atoms with Crippen molar-refractivity contribution in [2.45, 2.75) is 12.8 Å². The van der Waals surface area contributed by atoms with Gasteiger partial charge in [0.25, 0.3) is 11.4 Å². The molecule has 8 heteroatoms. The zero-order valence-corrected chi connectivity index (χ0v) is 9.37. The van der Waals surface area contributed by atoms with Crippen molar-refractivity contribution in [3.05, 3.63) is 38.4 Å². The summed E-state index contributed by atoms with van der Waals surface area (Å²) < 4.78 is 0. The SMILES string of the molecule is O=CCCCNc1ccc([N+](=O)[O-])cc1[N+](=O)[O-]. The Hall–Kier alpha value is -2.51. The predicted octanol–water partition coefficient (Wildman–Crippen LogP) is 1.89. The highest BCUT2D eigenvalue weighted by Gasteiger charge is 2.18. The summed E-state index contributed by atoms with van der Waals surface area (Å²) >= 11 is 0. The Kier molecular flexibility index (Phi) is 4.73. The molecule has 0 aliphatic heterocycles. The summed E-state index contributed by atoms with van der Waals surface area (Å²) in [5.41, 5.74) is -0.480. The summed E-state index contributed by atoms with van der Waals surface area (Å²) in [6.07, 6.45) is 1.65. The molecule has 1 rings (SSSR count). The highest BCUT2D eigenvalue weighted by molar-refractivity contribution is 5.65. The molecule has 0 fully saturated rings. The molecule has 1 aromatic rings. The van der Waals surface area contributed by atoms with Crippen LogP contribution in [0.4, 0.5) is 17.1 Å². The molecule has 0 saturated carbocycles. The van der Waals surface area contributed by atoms with Crippen molar-refractivity contribution in [2.75, 3.05) is 11.9 Å². The van der Waals surface area contributed by atoms with Gasteiger partial charge in [-0.25, -0.2) is 0 Å². The van der Waals surface area contributed by atoms with Crippen LogP contribution in [-0.4, -0.2) is 22.7 Å². The molecular formula is C10H11N3O5. The maximum absolute atomic E-state index is 10.8. The molecule has 1 aromatic carbocycles. The van der Waals surface area contributed by atoms with E-state index >= 15 is 0 Å². The number of anilines is 1. The van der Waals surface area contributed by atoms with E-state index in [2.05, 4.69) is 5.32 Å². The van der Waals surface area contributed by atoms with Crippen LogP contribution in [0.15, 0.2) is 18.2 Å². The van der Waals surface area contributed by atoms with Crippen LogP contribution < -0.4 is 5.32 Å². The number of rotatable bonds is 7. The first kappa shape index (κ1) is 13.6. The van der Waals surface area contributed by atoms with E-state index < -0.39 is 9.85 Å². The van der Waals surface area contributed by atoms with E-state index in [1.807, 2.05) is 0 Å². The van der Waals surface area contributed by atoms with Crippen molar-refractivity contribution >= 4 is 23.3 Å². The number of nitrogens with one attached hydrogen (secondary N) is 1. The van der Waals surface area contributed by atoms with Gasteiger partial charge in [0.05, 0.1) is 15.9 Å². The first-order chi connectivity index (χ1) is 8.56. The van der Waals surface area contributed by atoms with Crippen molar-refractivity contribution in [2.24, 2.45) is 0 Å². The van der Waals surface area contributed by atoms with E-state index in [0.717, 1.165) is 12.4 Å². The minimum Gasteiger partial charge on any atom is -0.379 e. The first-order valence-corrected chi connectivity index (χ1v) is 5.16. The van der Waals surface area contributed by atoms with Crippen molar-refractivity contribution in [1.29, 1.82) is 0 Å². The fraction of sp³-hybridized carbons (Fsp3) is 0.300. The molecule has 8 nitrogen and oxygen atoms in total. The standard InChI is InChI=1S/C10H11N3O5/c14-6-2-1-5-11-9-4-3-8(12(15)16)7-10(9)13(17)18/h3-4,6-7,11H,1-2,5H2. The number of benzene rings is 1. The molecule has 0 aliphatic rings. The lowest BCUT2D eigenvalue weighted by Crippen LogP contribution is -2.05. The van der Waals surface area contributed by atoms with E-state index in [9.17, 15) is 25.0 Å².